The molecule has 1 aromatic rings. The smallest absolute Gasteiger partial charge is 0.248 e. The minimum Gasteiger partial charge on any atom is -0.368 e. The molecule has 0 spiro atoms. The van der Waals surface area contributed by atoms with E-state index in [-0.39, 0.29) is 5.54 Å². The number of nitrogens with zero attached hydrogens (tertiary/aromatic N) is 1. The fourth-order valence-electron chi connectivity index (χ4n) is 1.22. The van der Waals surface area contributed by atoms with E-state index < -0.39 is 5.91 Å². The third kappa shape index (κ3) is 3.86. The van der Waals surface area contributed by atoms with Crippen LogP contribution in [0.4, 0.5) is 5.82 Å². The molecular formula is C11H18N4O. The summed E-state index contributed by atoms with van der Waals surface area (Å²) in [5.41, 5.74) is 11.9. The topological polar surface area (TPSA) is 94.0 Å². The molecule has 0 fully saturated rings. The van der Waals surface area contributed by atoms with Crippen LogP contribution in [-0.2, 0) is 0 Å². The summed E-state index contributed by atoms with van der Waals surface area (Å²) in [6.07, 6.45) is 0. The van der Waals surface area contributed by atoms with Gasteiger partial charge in [0.15, 0.2) is 0 Å². The van der Waals surface area contributed by atoms with Gasteiger partial charge >= 0.3 is 0 Å². The van der Waals surface area contributed by atoms with Crippen molar-refractivity contribution in [3.05, 3.63) is 23.4 Å². The second-order valence-corrected chi connectivity index (χ2v) is 4.59. The van der Waals surface area contributed by atoms with Gasteiger partial charge in [0.1, 0.15) is 5.82 Å². The number of carbonyl (C=O) groups excluding carboxylic acids is 1. The van der Waals surface area contributed by atoms with Crippen LogP contribution in [0.3, 0.4) is 0 Å². The van der Waals surface area contributed by atoms with Crippen molar-refractivity contribution in [3.63, 3.8) is 0 Å². The fraction of sp³-hybridized carbons (Fsp3) is 0.455. The number of primary amides is 1. The SMILES string of the molecule is Cc1cc(C(N)=O)cc(NCC(C)(C)N)n1. The number of amides is 1. The third-order valence-corrected chi connectivity index (χ3v) is 1.96. The minimum atomic E-state index is -0.458. The van der Waals surface area contributed by atoms with E-state index in [9.17, 15) is 4.79 Å². The van der Waals surface area contributed by atoms with Crippen LogP contribution < -0.4 is 16.8 Å². The summed E-state index contributed by atoms with van der Waals surface area (Å²) in [5.74, 6) is 0.160. The molecule has 0 aliphatic carbocycles. The number of hydrogen-bond donors (Lipinski definition) is 3. The summed E-state index contributed by atoms with van der Waals surface area (Å²) in [6, 6.07) is 3.28. The maximum atomic E-state index is 11.0. The van der Waals surface area contributed by atoms with E-state index in [0.29, 0.717) is 17.9 Å². The highest BCUT2D eigenvalue weighted by atomic mass is 16.1. The van der Waals surface area contributed by atoms with Gasteiger partial charge in [0.2, 0.25) is 5.91 Å². The number of hydrogen-bond acceptors (Lipinski definition) is 4. The highest BCUT2D eigenvalue weighted by Gasteiger charge is 2.11. The zero-order chi connectivity index (χ0) is 12.3. The fourth-order valence-corrected chi connectivity index (χ4v) is 1.22. The quantitative estimate of drug-likeness (QED) is 0.696. The summed E-state index contributed by atoms with van der Waals surface area (Å²) in [6.45, 7) is 6.20. The summed E-state index contributed by atoms with van der Waals surface area (Å²) < 4.78 is 0. The van der Waals surface area contributed by atoms with Crippen molar-refractivity contribution in [3.8, 4) is 0 Å². The second kappa shape index (κ2) is 4.49. The van der Waals surface area contributed by atoms with Gasteiger partial charge in [0.25, 0.3) is 0 Å². The Morgan fingerprint density at radius 2 is 2.12 bits per heavy atom. The number of anilines is 1. The molecule has 1 rings (SSSR count). The molecule has 0 saturated heterocycles. The first-order chi connectivity index (χ1) is 7.28. The van der Waals surface area contributed by atoms with Crippen molar-refractivity contribution in [1.82, 2.24) is 4.98 Å². The van der Waals surface area contributed by atoms with Crippen LogP contribution >= 0.6 is 0 Å². The van der Waals surface area contributed by atoms with E-state index in [4.69, 9.17) is 11.5 Å². The van der Waals surface area contributed by atoms with Crippen LogP contribution in [0.2, 0.25) is 0 Å². The first-order valence-corrected chi connectivity index (χ1v) is 5.09. The van der Waals surface area contributed by atoms with Gasteiger partial charge in [-0.1, -0.05) is 0 Å². The van der Waals surface area contributed by atoms with Gasteiger partial charge in [-0.05, 0) is 32.9 Å². The lowest BCUT2D eigenvalue weighted by Gasteiger charge is -2.19. The lowest BCUT2D eigenvalue weighted by Crippen LogP contribution is -2.39. The molecule has 0 aromatic carbocycles. The highest BCUT2D eigenvalue weighted by molar-refractivity contribution is 5.93. The number of carbonyl (C=O) groups is 1. The summed E-state index contributed by atoms with van der Waals surface area (Å²) >= 11 is 0. The van der Waals surface area contributed by atoms with E-state index in [0.717, 1.165) is 5.69 Å². The predicted molar refractivity (Wildman–Crippen MR) is 64.2 cm³/mol. The molecule has 0 saturated carbocycles. The molecular weight excluding hydrogens is 204 g/mol. The molecule has 0 aliphatic rings. The van der Waals surface area contributed by atoms with Gasteiger partial charge in [-0.25, -0.2) is 4.98 Å². The molecule has 1 heterocycles. The molecule has 0 unspecified atom stereocenters. The van der Waals surface area contributed by atoms with Crippen molar-refractivity contribution in [2.75, 3.05) is 11.9 Å². The lowest BCUT2D eigenvalue weighted by molar-refractivity contribution is 0.1000. The van der Waals surface area contributed by atoms with Crippen LogP contribution in [-0.4, -0.2) is 23.0 Å². The standard InChI is InChI=1S/C11H18N4O/c1-7-4-8(10(12)16)5-9(15-7)14-6-11(2,3)13/h4-5H,6,13H2,1-3H3,(H2,12,16)(H,14,15). The maximum absolute atomic E-state index is 11.0. The normalized spacial score (nSPS) is 11.2. The Hall–Kier alpha value is -1.62. The average molecular weight is 222 g/mol. The molecule has 0 bridgehead atoms. The molecule has 5 nitrogen and oxygen atoms in total. The molecule has 88 valence electrons. The van der Waals surface area contributed by atoms with Gasteiger partial charge < -0.3 is 16.8 Å². The van der Waals surface area contributed by atoms with E-state index >= 15 is 0 Å². The number of aryl methyl sites for hydroxylation is 1. The largest absolute Gasteiger partial charge is 0.368 e. The maximum Gasteiger partial charge on any atom is 0.248 e. The van der Waals surface area contributed by atoms with Gasteiger partial charge in [0.05, 0.1) is 0 Å². The van der Waals surface area contributed by atoms with Gasteiger partial charge in [-0.2, -0.15) is 0 Å². The Labute approximate surface area is 95.2 Å². The summed E-state index contributed by atoms with van der Waals surface area (Å²) in [7, 11) is 0. The number of rotatable bonds is 4. The van der Waals surface area contributed by atoms with E-state index in [2.05, 4.69) is 10.3 Å². The average Bonchev–Trinajstić information content (AvgIpc) is 2.13. The minimum absolute atomic E-state index is 0.335. The van der Waals surface area contributed by atoms with E-state index in [1.807, 2.05) is 20.8 Å². The van der Waals surface area contributed by atoms with Gasteiger partial charge in [-0.3, -0.25) is 4.79 Å². The monoisotopic (exact) mass is 222 g/mol. The Morgan fingerprint density at radius 1 is 1.50 bits per heavy atom. The first-order valence-electron chi connectivity index (χ1n) is 5.09. The second-order valence-electron chi connectivity index (χ2n) is 4.59. The number of nitrogens with one attached hydrogen (secondary N) is 1. The van der Waals surface area contributed by atoms with Crippen molar-refractivity contribution in [1.29, 1.82) is 0 Å². The number of aromatic nitrogens is 1. The molecule has 0 aliphatic heterocycles. The molecule has 1 amide bonds. The van der Waals surface area contributed by atoms with Gasteiger partial charge in [-0.15, -0.1) is 0 Å². The molecule has 0 radical (unpaired) electrons. The van der Waals surface area contributed by atoms with Crippen LogP contribution in [0, 0.1) is 6.92 Å². The molecule has 0 atom stereocenters. The number of nitrogens with two attached hydrogens (primary N) is 2. The van der Waals surface area contributed by atoms with Crippen molar-refractivity contribution < 1.29 is 4.79 Å². The van der Waals surface area contributed by atoms with Crippen molar-refractivity contribution in [2.45, 2.75) is 26.3 Å². The van der Waals surface area contributed by atoms with Crippen LogP contribution in [0.15, 0.2) is 12.1 Å². The van der Waals surface area contributed by atoms with E-state index in [1.54, 1.807) is 12.1 Å². The van der Waals surface area contributed by atoms with Crippen molar-refractivity contribution >= 4 is 11.7 Å². The van der Waals surface area contributed by atoms with Crippen molar-refractivity contribution in [2.24, 2.45) is 11.5 Å². The molecule has 5 heteroatoms. The Morgan fingerprint density at radius 3 is 2.62 bits per heavy atom. The summed E-state index contributed by atoms with van der Waals surface area (Å²) in [4.78, 5) is 15.3. The summed E-state index contributed by atoms with van der Waals surface area (Å²) in [5, 5.41) is 3.08. The third-order valence-electron chi connectivity index (χ3n) is 1.96. The number of pyridine rings is 1. The first kappa shape index (κ1) is 12.4. The predicted octanol–water partition coefficient (Wildman–Crippen LogP) is 0.638. The lowest BCUT2D eigenvalue weighted by atomic mass is 10.1. The Bertz CT molecular complexity index is 395. The zero-order valence-electron chi connectivity index (χ0n) is 9.87. The van der Waals surface area contributed by atoms with Crippen LogP contribution in [0.1, 0.15) is 29.9 Å². The molecule has 16 heavy (non-hydrogen) atoms. The van der Waals surface area contributed by atoms with Gasteiger partial charge in [0, 0.05) is 23.3 Å². The molecule has 1 aromatic heterocycles. The Balaban J connectivity index is 2.85. The van der Waals surface area contributed by atoms with Crippen LogP contribution in [0.25, 0.3) is 0 Å². The van der Waals surface area contributed by atoms with E-state index in [1.165, 1.54) is 0 Å². The molecule has 5 N–H and O–H groups in total. The zero-order valence-corrected chi connectivity index (χ0v) is 9.87. The van der Waals surface area contributed by atoms with Crippen LogP contribution in [0.5, 0.6) is 0 Å². The highest BCUT2D eigenvalue weighted by Crippen LogP contribution is 2.10. The Kier molecular flexibility index (Phi) is 3.49.